The molecule has 0 saturated heterocycles. The van der Waals surface area contributed by atoms with E-state index in [1.807, 2.05) is 0 Å². The molecule has 0 unspecified atom stereocenters. The quantitative estimate of drug-likeness (QED) is 0.364. The van der Waals surface area contributed by atoms with Gasteiger partial charge < -0.3 is 10.1 Å². The number of hydrogen-bond donors (Lipinski definition) is 1. The van der Waals surface area contributed by atoms with Gasteiger partial charge in [-0.25, -0.2) is 4.39 Å². The van der Waals surface area contributed by atoms with Gasteiger partial charge in [-0.05, 0) is 35.9 Å². The smallest absolute Gasteiger partial charge is 0.270 e. The van der Waals surface area contributed by atoms with Crippen LogP contribution < -0.4 is 10.1 Å². The van der Waals surface area contributed by atoms with Crippen LogP contribution in [-0.4, -0.2) is 10.8 Å². The molecule has 0 aliphatic carbocycles. The molecule has 0 spiro atoms. The normalized spacial score (nSPS) is 10.6. The van der Waals surface area contributed by atoms with Gasteiger partial charge in [0.2, 0.25) is 5.91 Å². The van der Waals surface area contributed by atoms with Crippen LogP contribution in [0.25, 0.3) is 6.08 Å². The molecule has 0 aromatic heterocycles. The molecule has 3 aromatic carbocycles. The van der Waals surface area contributed by atoms with Gasteiger partial charge in [0, 0.05) is 18.2 Å². The monoisotopic (exact) mass is 378 g/mol. The highest BCUT2D eigenvalue weighted by Gasteiger charge is 2.09. The third-order valence-corrected chi connectivity index (χ3v) is 3.71. The molecule has 3 rings (SSSR count). The highest BCUT2D eigenvalue weighted by molar-refractivity contribution is 6.02. The van der Waals surface area contributed by atoms with Crippen LogP contribution in [0.2, 0.25) is 0 Å². The van der Waals surface area contributed by atoms with E-state index in [1.54, 1.807) is 42.5 Å². The first-order valence-corrected chi connectivity index (χ1v) is 8.28. The Morgan fingerprint density at radius 1 is 1.00 bits per heavy atom. The van der Waals surface area contributed by atoms with Crippen LogP contribution in [0.4, 0.5) is 15.8 Å². The second kappa shape index (κ2) is 8.59. The summed E-state index contributed by atoms with van der Waals surface area (Å²) in [6.45, 7) is 0. The summed E-state index contributed by atoms with van der Waals surface area (Å²) >= 11 is 0. The first kappa shape index (κ1) is 18.8. The summed E-state index contributed by atoms with van der Waals surface area (Å²) in [4.78, 5) is 22.5. The number of non-ortho nitro benzene ring substituents is 1. The van der Waals surface area contributed by atoms with E-state index in [0.717, 1.165) is 0 Å². The number of nitro benzene ring substituents is 1. The molecule has 28 heavy (non-hydrogen) atoms. The van der Waals surface area contributed by atoms with Crippen LogP contribution >= 0.6 is 0 Å². The molecule has 0 saturated carbocycles. The number of benzene rings is 3. The van der Waals surface area contributed by atoms with Gasteiger partial charge in [0.15, 0.2) is 17.3 Å². The first-order chi connectivity index (χ1) is 13.5. The number of nitrogens with one attached hydrogen (secondary N) is 1. The zero-order valence-corrected chi connectivity index (χ0v) is 14.5. The first-order valence-electron chi connectivity index (χ1n) is 8.28. The van der Waals surface area contributed by atoms with Crippen molar-refractivity contribution < 1.29 is 18.8 Å². The second-order valence-electron chi connectivity index (χ2n) is 5.70. The van der Waals surface area contributed by atoms with Gasteiger partial charge in [-0.15, -0.1) is 0 Å². The van der Waals surface area contributed by atoms with Crippen molar-refractivity contribution in [2.45, 2.75) is 0 Å². The van der Waals surface area contributed by atoms with Crippen LogP contribution in [0.15, 0.2) is 78.9 Å². The molecule has 0 atom stereocenters. The average Bonchev–Trinajstić information content (AvgIpc) is 2.70. The summed E-state index contributed by atoms with van der Waals surface area (Å²) in [6, 6.07) is 18.5. The summed E-state index contributed by atoms with van der Waals surface area (Å²) in [5, 5.41) is 13.5. The number of ether oxygens (including phenoxy) is 1. The van der Waals surface area contributed by atoms with Gasteiger partial charge >= 0.3 is 0 Å². The predicted octanol–water partition coefficient (Wildman–Crippen LogP) is 5.18. The van der Waals surface area contributed by atoms with E-state index >= 15 is 0 Å². The number of para-hydroxylation sites is 3. The Kier molecular flexibility index (Phi) is 5.76. The van der Waals surface area contributed by atoms with E-state index < -0.39 is 16.6 Å². The zero-order valence-electron chi connectivity index (χ0n) is 14.5. The molecule has 140 valence electrons. The maximum atomic E-state index is 13.8. The van der Waals surface area contributed by atoms with Crippen LogP contribution in [-0.2, 0) is 4.79 Å². The number of nitrogens with zero attached hydrogens (tertiary/aromatic N) is 1. The molecule has 0 heterocycles. The largest absolute Gasteiger partial charge is 0.452 e. The Morgan fingerprint density at radius 2 is 1.71 bits per heavy atom. The maximum absolute atomic E-state index is 13.8. The number of nitro groups is 1. The number of rotatable bonds is 6. The summed E-state index contributed by atoms with van der Waals surface area (Å²) in [6.07, 6.45) is 2.71. The van der Waals surface area contributed by atoms with Crippen molar-refractivity contribution in [2.24, 2.45) is 0 Å². The van der Waals surface area contributed by atoms with Gasteiger partial charge in [-0.3, -0.25) is 14.9 Å². The summed E-state index contributed by atoms with van der Waals surface area (Å²) in [7, 11) is 0. The summed E-state index contributed by atoms with van der Waals surface area (Å²) < 4.78 is 19.4. The third kappa shape index (κ3) is 4.79. The van der Waals surface area contributed by atoms with Gasteiger partial charge in [0.1, 0.15) is 0 Å². The van der Waals surface area contributed by atoms with Gasteiger partial charge in [-0.2, -0.15) is 0 Å². The zero-order chi connectivity index (χ0) is 19.9. The van der Waals surface area contributed by atoms with Crippen LogP contribution in [0.1, 0.15) is 5.56 Å². The Hall–Kier alpha value is -4.00. The summed E-state index contributed by atoms with van der Waals surface area (Å²) in [5.41, 5.74) is 0.811. The molecule has 0 aliphatic rings. The minimum atomic E-state index is -0.519. The molecule has 1 amide bonds. The van der Waals surface area contributed by atoms with Crippen molar-refractivity contribution in [3.8, 4) is 11.5 Å². The van der Waals surface area contributed by atoms with Crippen molar-refractivity contribution >= 4 is 23.4 Å². The highest BCUT2D eigenvalue weighted by atomic mass is 19.1. The topological polar surface area (TPSA) is 81.5 Å². The standard InChI is InChI=1S/C21H15FN2O4/c22-17-8-1-3-10-19(17)28-20-11-4-2-9-18(20)23-21(25)13-12-15-6-5-7-16(14-15)24(26)27/h1-14H,(H,23,25)/b13-12+. The minimum absolute atomic E-state index is 0.0383. The van der Waals surface area contributed by atoms with Gasteiger partial charge in [0.25, 0.3) is 5.69 Å². The number of halogens is 1. The molecular formula is C21H15FN2O4. The van der Waals surface area contributed by atoms with Gasteiger partial charge in [0.05, 0.1) is 10.6 Å². The molecule has 0 radical (unpaired) electrons. The lowest BCUT2D eigenvalue weighted by Crippen LogP contribution is -2.08. The number of carbonyl (C=O) groups excluding carboxylic acids is 1. The van der Waals surface area contributed by atoms with Crippen molar-refractivity contribution in [1.29, 1.82) is 0 Å². The highest BCUT2D eigenvalue weighted by Crippen LogP contribution is 2.30. The molecule has 7 heteroatoms. The Balaban J connectivity index is 1.73. The molecular weight excluding hydrogens is 363 g/mol. The Morgan fingerprint density at radius 3 is 2.46 bits per heavy atom. The SMILES string of the molecule is O=C(/C=C/c1cccc([N+](=O)[O-])c1)Nc1ccccc1Oc1ccccc1F. The van der Waals surface area contributed by atoms with E-state index in [1.165, 1.54) is 42.5 Å². The molecule has 1 N–H and O–H groups in total. The van der Waals surface area contributed by atoms with Crippen molar-refractivity contribution in [3.63, 3.8) is 0 Å². The lowest BCUT2D eigenvalue weighted by molar-refractivity contribution is -0.384. The lowest BCUT2D eigenvalue weighted by atomic mass is 10.2. The minimum Gasteiger partial charge on any atom is -0.452 e. The van der Waals surface area contributed by atoms with E-state index in [9.17, 15) is 19.3 Å². The average molecular weight is 378 g/mol. The van der Waals surface area contributed by atoms with Crippen molar-refractivity contribution in [1.82, 2.24) is 0 Å². The summed E-state index contributed by atoms with van der Waals surface area (Å²) in [5.74, 6) is -0.661. The number of amides is 1. The molecule has 6 nitrogen and oxygen atoms in total. The molecule has 0 bridgehead atoms. The fraction of sp³-hybridized carbons (Fsp3) is 0. The molecule has 3 aromatic rings. The van der Waals surface area contributed by atoms with Crippen LogP contribution in [0.3, 0.4) is 0 Å². The van der Waals surface area contributed by atoms with Gasteiger partial charge in [-0.1, -0.05) is 36.4 Å². The Bertz CT molecular complexity index is 1050. The number of anilines is 1. The number of carbonyl (C=O) groups is 1. The van der Waals surface area contributed by atoms with Crippen LogP contribution in [0.5, 0.6) is 11.5 Å². The number of hydrogen-bond acceptors (Lipinski definition) is 4. The lowest BCUT2D eigenvalue weighted by Gasteiger charge is -2.11. The fourth-order valence-electron chi connectivity index (χ4n) is 2.39. The maximum Gasteiger partial charge on any atom is 0.270 e. The predicted molar refractivity (Wildman–Crippen MR) is 104 cm³/mol. The van der Waals surface area contributed by atoms with E-state index in [2.05, 4.69) is 5.32 Å². The molecule has 0 aliphatic heterocycles. The van der Waals surface area contributed by atoms with Crippen LogP contribution in [0, 0.1) is 15.9 Å². The van der Waals surface area contributed by atoms with E-state index in [4.69, 9.17) is 4.74 Å². The third-order valence-electron chi connectivity index (χ3n) is 3.71. The van der Waals surface area contributed by atoms with E-state index in [-0.39, 0.29) is 17.2 Å². The second-order valence-corrected chi connectivity index (χ2v) is 5.70. The van der Waals surface area contributed by atoms with E-state index in [0.29, 0.717) is 11.3 Å². The fourth-order valence-corrected chi connectivity index (χ4v) is 2.39. The molecule has 0 fully saturated rings. The van der Waals surface area contributed by atoms with Crippen molar-refractivity contribution in [2.75, 3.05) is 5.32 Å². The Labute approximate surface area is 160 Å². The van der Waals surface area contributed by atoms with Crippen molar-refractivity contribution in [3.05, 3.63) is 100 Å².